The first-order chi connectivity index (χ1) is 15.6. The van der Waals surface area contributed by atoms with Gasteiger partial charge in [-0.2, -0.15) is 0 Å². The Balaban J connectivity index is 1.90. The van der Waals surface area contributed by atoms with Crippen LogP contribution in [0.3, 0.4) is 0 Å². The Labute approximate surface area is 196 Å². The van der Waals surface area contributed by atoms with Crippen LogP contribution < -0.4 is 0 Å². The highest BCUT2D eigenvalue weighted by atomic mass is 35.5. The Morgan fingerprint density at radius 3 is 2.18 bits per heavy atom. The summed E-state index contributed by atoms with van der Waals surface area (Å²) < 4.78 is 28.4. The molecule has 4 rings (SSSR count). The van der Waals surface area contributed by atoms with E-state index in [0.29, 0.717) is 16.0 Å². The van der Waals surface area contributed by atoms with Gasteiger partial charge in [-0.05, 0) is 53.4 Å². The first kappa shape index (κ1) is 23.0. The van der Waals surface area contributed by atoms with E-state index in [-0.39, 0.29) is 27.7 Å². The highest BCUT2D eigenvalue weighted by molar-refractivity contribution is 7.90. The number of benzene rings is 2. The van der Waals surface area contributed by atoms with Crippen LogP contribution >= 0.6 is 11.6 Å². The average molecular weight is 485 g/mol. The largest absolute Gasteiger partial charge is 0.478 e. The maximum absolute atomic E-state index is 13.7. The minimum atomic E-state index is -4.13. The van der Waals surface area contributed by atoms with Crippen LogP contribution in [0.1, 0.15) is 53.0 Å². The number of fused-ring (bicyclic) bond motifs is 1. The molecule has 2 N–H and O–H groups in total. The van der Waals surface area contributed by atoms with Gasteiger partial charge in [0, 0.05) is 11.6 Å². The number of hydrogen-bond donors (Lipinski definition) is 2. The second-order valence-electron chi connectivity index (χ2n) is 7.96. The Hall–Kier alpha value is -3.20. The van der Waals surface area contributed by atoms with Crippen LogP contribution in [0, 0.1) is 0 Å². The fraction of sp³-hybridized carbons (Fsp3) is 0.167. The van der Waals surface area contributed by atoms with Crippen molar-refractivity contribution >= 4 is 38.6 Å². The molecule has 0 amide bonds. The van der Waals surface area contributed by atoms with Crippen molar-refractivity contribution in [2.24, 2.45) is 0 Å². The van der Waals surface area contributed by atoms with E-state index in [2.05, 4.69) is 4.98 Å². The van der Waals surface area contributed by atoms with Gasteiger partial charge in [-0.3, -0.25) is 0 Å². The fourth-order valence-corrected chi connectivity index (χ4v) is 5.28. The van der Waals surface area contributed by atoms with Gasteiger partial charge in [-0.1, -0.05) is 49.7 Å². The normalized spacial score (nSPS) is 12.9. The van der Waals surface area contributed by atoms with Gasteiger partial charge >= 0.3 is 5.97 Å². The molecule has 4 aromatic rings. The average Bonchev–Trinajstić information content (AvgIpc) is 3.18. The number of pyridine rings is 1. The predicted molar refractivity (Wildman–Crippen MR) is 125 cm³/mol. The number of aliphatic hydroxyl groups is 1. The van der Waals surface area contributed by atoms with Gasteiger partial charge in [0.15, 0.2) is 5.65 Å². The summed E-state index contributed by atoms with van der Waals surface area (Å²) >= 11 is 6.06. The summed E-state index contributed by atoms with van der Waals surface area (Å²) in [5.74, 6) is -0.861. The van der Waals surface area contributed by atoms with Crippen molar-refractivity contribution < 1.29 is 23.4 Å². The number of rotatable bonds is 6. The number of hydrogen-bond acceptors (Lipinski definition) is 5. The molecule has 33 heavy (non-hydrogen) atoms. The number of carbonyl (C=O) groups is 1. The lowest BCUT2D eigenvalue weighted by Gasteiger charge is -2.16. The van der Waals surface area contributed by atoms with Crippen molar-refractivity contribution in [2.45, 2.75) is 30.8 Å². The Morgan fingerprint density at radius 1 is 1.00 bits per heavy atom. The van der Waals surface area contributed by atoms with E-state index in [1.165, 1.54) is 48.7 Å². The molecule has 1 atom stereocenters. The SMILES string of the molecule is CC(C)c1ccc(S(=O)(=O)n2c(C(O)c3ccc(C(=O)O)cc3)cc3cc(Cl)cnc32)cc1. The monoisotopic (exact) mass is 484 g/mol. The van der Waals surface area contributed by atoms with Crippen LogP contribution in [0.4, 0.5) is 0 Å². The molecule has 9 heteroatoms. The quantitative estimate of drug-likeness (QED) is 0.405. The summed E-state index contributed by atoms with van der Waals surface area (Å²) in [6, 6.07) is 15.3. The molecule has 170 valence electrons. The van der Waals surface area contributed by atoms with Gasteiger partial charge in [-0.15, -0.1) is 0 Å². The van der Waals surface area contributed by atoms with E-state index in [9.17, 15) is 18.3 Å². The number of aromatic nitrogens is 2. The molecule has 7 nitrogen and oxygen atoms in total. The molecule has 0 spiro atoms. The molecule has 0 radical (unpaired) electrons. The van der Waals surface area contributed by atoms with E-state index >= 15 is 0 Å². The second kappa shape index (κ2) is 8.62. The lowest BCUT2D eigenvalue weighted by molar-refractivity contribution is 0.0696. The minimum absolute atomic E-state index is 0.0517. The molecule has 1 unspecified atom stereocenters. The third kappa shape index (κ3) is 4.25. The number of aromatic carboxylic acids is 1. The molecule has 2 aromatic carbocycles. The molecule has 0 fully saturated rings. The van der Waals surface area contributed by atoms with E-state index in [1.807, 2.05) is 13.8 Å². The highest BCUT2D eigenvalue weighted by Crippen LogP contribution is 2.33. The molecule has 0 aliphatic rings. The van der Waals surface area contributed by atoms with E-state index in [1.54, 1.807) is 18.2 Å². The molecule has 0 bridgehead atoms. The Bertz CT molecular complexity index is 1440. The molecule has 2 heterocycles. The van der Waals surface area contributed by atoms with Crippen molar-refractivity contribution in [1.29, 1.82) is 0 Å². The highest BCUT2D eigenvalue weighted by Gasteiger charge is 2.28. The number of carboxylic acids is 1. The van der Waals surface area contributed by atoms with Gasteiger partial charge in [0.2, 0.25) is 0 Å². The minimum Gasteiger partial charge on any atom is -0.478 e. The van der Waals surface area contributed by atoms with Gasteiger partial charge < -0.3 is 10.2 Å². The second-order valence-corrected chi connectivity index (χ2v) is 10.2. The smallest absolute Gasteiger partial charge is 0.335 e. The van der Waals surface area contributed by atoms with E-state index < -0.39 is 22.1 Å². The van der Waals surface area contributed by atoms with Crippen molar-refractivity contribution in [2.75, 3.05) is 0 Å². The van der Waals surface area contributed by atoms with Gasteiger partial charge in [-0.25, -0.2) is 22.2 Å². The van der Waals surface area contributed by atoms with Crippen LogP contribution in [-0.2, 0) is 10.0 Å². The summed E-state index contributed by atoms with van der Waals surface area (Å²) in [7, 11) is -4.13. The summed E-state index contributed by atoms with van der Waals surface area (Å²) in [6.45, 7) is 4.03. The third-order valence-electron chi connectivity index (χ3n) is 5.43. The summed E-state index contributed by atoms with van der Waals surface area (Å²) in [5.41, 5.74) is 1.58. The van der Waals surface area contributed by atoms with Gasteiger partial charge in [0.1, 0.15) is 6.10 Å². The van der Waals surface area contributed by atoms with Crippen molar-refractivity contribution in [3.8, 4) is 0 Å². The van der Waals surface area contributed by atoms with Gasteiger partial charge in [0.25, 0.3) is 10.0 Å². The van der Waals surface area contributed by atoms with Crippen LogP contribution in [0.15, 0.2) is 71.8 Å². The Morgan fingerprint density at radius 2 is 1.61 bits per heavy atom. The van der Waals surface area contributed by atoms with Crippen molar-refractivity contribution in [1.82, 2.24) is 8.96 Å². The van der Waals surface area contributed by atoms with Crippen molar-refractivity contribution in [3.05, 3.63) is 94.3 Å². The summed E-state index contributed by atoms with van der Waals surface area (Å²) in [4.78, 5) is 15.4. The molecule has 2 aromatic heterocycles. The molecule has 0 aliphatic heterocycles. The van der Waals surface area contributed by atoms with Gasteiger partial charge in [0.05, 0.1) is 21.2 Å². The molecular formula is C24H21ClN2O5S. The first-order valence-corrected chi connectivity index (χ1v) is 11.9. The molecular weight excluding hydrogens is 464 g/mol. The Kier molecular flexibility index (Phi) is 6.00. The molecule has 0 aliphatic carbocycles. The number of nitrogens with zero attached hydrogens (tertiary/aromatic N) is 2. The predicted octanol–water partition coefficient (Wildman–Crippen LogP) is 4.83. The topological polar surface area (TPSA) is 109 Å². The number of aliphatic hydroxyl groups excluding tert-OH is 1. The van der Waals surface area contributed by atoms with Crippen LogP contribution in [0.5, 0.6) is 0 Å². The zero-order chi connectivity index (χ0) is 23.9. The first-order valence-electron chi connectivity index (χ1n) is 10.1. The standard InChI is InChI=1S/C24H21ClN2O5S/c1-14(2)15-7-9-20(10-8-15)33(31,32)27-21(12-18-11-19(25)13-26-23(18)27)22(28)16-3-5-17(6-4-16)24(29)30/h3-14,22,28H,1-2H3,(H,29,30). The zero-order valence-electron chi connectivity index (χ0n) is 17.8. The van der Waals surface area contributed by atoms with Crippen LogP contribution in [0.25, 0.3) is 11.0 Å². The maximum atomic E-state index is 13.7. The molecule has 0 saturated heterocycles. The van der Waals surface area contributed by atoms with E-state index in [4.69, 9.17) is 16.7 Å². The number of carboxylic acid groups (broad SMARTS) is 1. The summed E-state index contributed by atoms with van der Waals surface area (Å²) in [6.07, 6.45) is -0.0131. The fourth-order valence-electron chi connectivity index (χ4n) is 3.62. The van der Waals surface area contributed by atoms with E-state index in [0.717, 1.165) is 9.54 Å². The maximum Gasteiger partial charge on any atom is 0.335 e. The third-order valence-corrected chi connectivity index (χ3v) is 7.37. The summed E-state index contributed by atoms with van der Waals surface area (Å²) in [5, 5.41) is 21.0. The van der Waals surface area contributed by atoms with Crippen LogP contribution in [-0.4, -0.2) is 33.6 Å². The number of halogens is 1. The lowest BCUT2D eigenvalue weighted by atomic mass is 10.0. The molecule has 0 saturated carbocycles. The zero-order valence-corrected chi connectivity index (χ0v) is 19.4. The van der Waals surface area contributed by atoms with Crippen molar-refractivity contribution in [3.63, 3.8) is 0 Å². The van der Waals surface area contributed by atoms with Crippen LogP contribution in [0.2, 0.25) is 5.02 Å². The lowest BCUT2D eigenvalue weighted by Crippen LogP contribution is -2.18.